The molecule has 0 aromatic heterocycles. The van der Waals surface area contributed by atoms with E-state index in [-0.39, 0.29) is 9.37 Å². The molecule has 7 heteroatoms. The summed E-state index contributed by atoms with van der Waals surface area (Å²) in [5, 5.41) is 0.505. The lowest BCUT2D eigenvalue weighted by atomic mass is 10.3. The maximum atomic E-state index is 12.9. The molecule has 0 unspecified atom stereocenters. The summed E-state index contributed by atoms with van der Waals surface area (Å²) in [6, 6.07) is 9.59. The topological polar surface area (TPSA) is 46.2 Å². The van der Waals surface area contributed by atoms with Crippen molar-refractivity contribution in [3.8, 4) is 0 Å². The number of halogens is 3. The molecule has 0 radical (unpaired) electrons. The van der Waals surface area contributed by atoms with Crippen LogP contribution < -0.4 is 4.72 Å². The summed E-state index contributed by atoms with van der Waals surface area (Å²) < 4.78 is 39.7. The van der Waals surface area contributed by atoms with Crippen LogP contribution in [0, 0.1) is 5.82 Å². The van der Waals surface area contributed by atoms with Gasteiger partial charge in [0.15, 0.2) is 0 Å². The van der Waals surface area contributed by atoms with Gasteiger partial charge >= 0.3 is 0 Å². The Balaban J connectivity index is 2.35. The number of sulfonamides is 1. The average Bonchev–Trinajstić information content (AvgIpc) is 2.31. The summed E-state index contributed by atoms with van der Waals surface area (Å²) >= 11 is 8.74. The van der Waals surface area contributed by atoms with Gasteiger partial charge < -0.3 is 0 Å². The molecular weight excluding hydrogens is 357 g/mol. The Morgan fingerprint density at radius 2 is 1.74 bits per heavy atom. The molecule has 0 aliphatic heterocycles. The Morgan fingerprint density at radius 1 is 1.11 bits per heavy atom. The van der Waals surface area contributed by atoms with Gasteiger partial charge in [-0.2, -0.15) is 0 Å². The SMILES string of the molecule is O=S(=O)(Nc1ccc(Cl)cc1)c1ccc(F)cc1Br. The van der Waals surface area contributed by atoms with Crippen LogP contribution in [-0.2, 0) is 10.0 Å². The average molecular weight is 365 g/mol. The molecule has 0 heterocycles. The number of anilines is 1. The Morgan fingerprint density at radius 3 is 2.32 bits per heavy atom. The minimum Gasteiger partial charge on any atom is -0.280 e. The molecule has 2 aromatic carbocycles. The van der Waals surface area contributed by atoms with Gasteiger partial charge in [0.25, 0.3) is 10.0 Å². The molecule has 0 aliphatic carbocycles. The van der Waals surface area contributed by atoms with Crippen LogP contribution in [-0.4, -0.2) is 8.42 Å². The molecule has 2 aromatic rings. The largest absolute Gasteiger partial charge is 0.280 e. The first-order valence-corrected chi connectivity index (χ1v) is 7.77. The molecule has 19 heavy (non-hydrogen) atoms. The normalized spacial score (nSPS) is 11.3. The van der Waals surface area contributed by atoms with Gasteiger partial charge in [-0.1, -0.05) is 11.6 Å². The van der Waals surface area contributed by atoms with Gasteiger partial charge in [-0.25, -0.2) is 12.8 Å². The van der Waals surface area contributed by atoms with E-state index in [0.29, 0.717) is 10.7 Å². The number of hydrogen-bond donors (Lipinski definition) is 1. The lowest BCUT2D eigenvalue weighted by Crippen LogP contribution is -2.13. The van der Waals surface area contributed by atoms with Gasteiger partial charge in [0.2, 0.25) is 0 Å². The highest BCUT2D eigenvalue weighted by molar-refractivity contribution is 9.10. The van der Waals surface area contributed by atoms with Crippen LogP contribution in [0.1, 0.15) is 0 Å². The maximum absolute atomic E-state index is 12.9. The Hall–Kier alpha value is -1.11. The van der Waals surface area contributed by atoms with Crippen molar-refractivity contribution in [1.29, 1.82) is 0 Å². The molecule has 0 bridgehead atoms. The van der Waals surface area contributed by atoms with E-state index in [4.69, 9.17) is 11.6 Å². The van der Waals surface area contributed by atoms with Crippen LogP contribution in [0.3, 0.4) is 0 Å². The van der Waals surface area contributed by atoms with Crippen molar-refractivity contribution in [2.75, 3.05) is 4.72 Å². The van der Waals surface area contributed by atoms with E-state index in [1.165, 1.54) is 18.2 Å². The van der Waals surface area contributed by atoms with E-state index < -0.39 is 15.8 Å². The predicted molar refractivity (Wildman–Crippen MR) is 76.4 cm³/mol. The monoisotopic (exact) mass is 363 g/mol. The van der Waals surface area contributed by atoms with Crippen LogP contribution in [0.4, 0.5) is 10.1 Å². The van der Waals surface area contributed by atoms with Crippen LogP contribution in [0.5, 0.6) is 0 Å². The second-order valence-corrected chi connectivity index (χ2v) is 6.63. The molecule has 0 saturated heterocycles. The van der Waals surface area contributed by atoms with Crippen LogP contribution in [0.15, 0.2) is 51.8 Å². The number of nitrogens with one attached hydrogen (secondary N) is 1. The zero-order valence-electron chi connectivity index (χ0n) is 9.40. The highest BCUT2D eigenvalue weighted by Crippen LogP contribution is 2.25. The summed E-state index contributed by atoms with van der Waals surface area (Å²) in [5.41, 5.74) is 0.376. The minimum atomic E-state index is -3.78. The van der Waals surface area contributed by atoms with Crippen molar-refractivity contribution in [3.05, 3.63) is 57.8 Å². The number of benzene rings is 2. The molecule has 0 amide bonds. The molecular formula is C12H8BrClFNO2S. The fourth-order valence-electron chi connectivity index (χ4n) is 1.42. The van der Waals surface area contributed by atoms with Gasteiger partial charge in [-0.05, 0) is 58.4 Å². The first-order valence-electron chi connectivity index (χ1n) is 5.12. The zero-order valence-corrected chi connectivity index (χ0v) is 12.6. The van der Waals surface area contributed by atoms with Crippen LogP contribution >= 0.6 is 27.5 Å². The van der Waals surface area contributed by atoms with Crippen molar-refractivity contribution in [1.82, 2.24) is 0 Å². The summed E-state index contributed by atoms with van der Waals surface area (Å²) in [6.07, 6.45) is 0. The highest BCUT2D eigenvalue weighted by atomic mass is 79.9. The molecule has 3 nitrogen and oxygen atoms in total. The van der Waals surface area contributed by atoms with Gasteiger partial charge in [0, 0.05) is 15.2 Å². The molecule has 100 valence electrons. The third-order valence-electron chi connectivity index (χ3n) is 2.28. The lowest BCUT2D eigenvalue weighted by molar-refractivity contribution is 0.599. The van der Waals surface area contributed by atoms with Crippen LogP contribution in [0.25, 0.3) is 0 Å². The second kappa shape index (κ2) is 5.48. The summed E-state index contributed by atoms with van der Waals surface area (Å²) in [5.74, 6) is -0.516. The van der Waals surface area contributed by atoms with E-state index in [2.05, 4.69) is 20.7 Å². The lowest BCUT2D eigenvalue weighted by Gasteiger charge is -2.09. The summed E-state index contributed by atoms with van der Waals surface area (Å²) in [4.78, 5) is -0.0381. The Labute approximate surface area is 123 Å². The van der Waals surface area contributed by atoms with Crippen molar-refractivity contribution in [2.45, 2.75) is 4.90 Å². The van der Waals surface area contributed by atoms with Gasteiger partial charge in [-0.3, -0.25) is 4.72 Å². The van der Waals surface area contributed by atoms with Crippen molar-refractivity contribution < 1.29 is 12.8 Å². The standard InChI is InChI=1S/C12H8BrClFNO2S/c13-11-7-9(15)3-6-12(11)19(17,18)16-10-4-1-8(14)2-5-10/h1-7,16H. The van der Waals surface area contributed by atoms with E-state index >= 15 is 0 Å². The van der Waals surface area contributed by atoms with E-state index in [1.54, 1.807) is 12.1 Å². The molecule has 0 spiro atoms. The zero-order chi connectivity index (χ0) is 14.0. The fourth-order valence-corrected chi connectivity index (χ4v) is 3.66. The highest BCUT2D eigenvalue weighted by Gasteiger charge is 2.18. The Kier molecular flexibility index (Phi) is 4.13. The quantitative estimate of drug-likeness (QED) is 0.893. The number of rotatable bonds is 3. The number of hydrogen-bond acceptors (Lipinski definition) is 2. The first-order chi connectivity index (χ1) is 8.88. The molecule has 0 atom stereocenters. The minimum absolute atomic E-state index is 0.0381. The van der Waals surface area contributed by atoms with E-state index in [0.717, 1.165) is 12.1 Å². The smallest absolute Gasteiger partial charge is 0.263 e. The van der Waals surface area contributed by atoms with Gasteiger partial charge in [0.05, 0.1) is 0 Å². The van der Waals surface area contributed by atoms with Gasteiger partial charge in [0.1, 0.15) is 10.7 Å². The third-order valence-corrected chi connectivity index (χ3v) is 4.89. The first kappa shape index (κ1) is 14.3. The molecule has 1 N–H and O–H groups in total. The van der Waals surface area contributed by atoms with Gasteiger partial charge in [-0.15, -0.1) is 0 Å². The summed E-state index contributed by atoms with van der Waals surface area (Å²) in [7, 11) is -3.78. The predicted octanol–water partition coefficient (Wildman–Crippen LogP) is 4.04. The van der Waals surface area contributed by atoms with Crippen molar-refractivity contribution in [3.63, 3.8) is 0 Å². The van der Waals surface area contributed by atoms with E-state index in [9.17, 15) is 12.8 Å². The third kappa shape index (κ3) is 3.46. The molecule has 2 rings (SSSR count). The van der Waals surface area contributed by atoms with Crippen LogP contribution in [0.2, 0.25) is 5.02 Å². The molecule has 0 aliphatic rings. The van der Waals surface area contributed by atoms with E-state index in [1.807, 2.05) is 0 Å². The maximum Gasteiger partial charge on any atom is 0.263 e. The second-order valence-electron chi connectivity index (χ2n) is 3.69. The van der Waals surface area contributed by atoms with Crippen molar-refractivity contribution >= 4 is 43.2 Å². The Bertz CT molecular complexity index is 704. The van der Waals surface area contributed by atoms with Crippen molar-refractivity contribution in [2.24, 2.45) is 0 Å². The summed E-state index contributed by atoms with van der Waals surface area (Å²) in [6.45, 7) is 0. The molecule has 0 saturated carbocycles. The molecule has 0 fully saturated rings. The fraction of sp³-hybridized carbons (Fsp3) is 0.